The minimum absolute atomic E-state index is 0.0623. The molecule has 1 aliphatic carbocycles. The largest absolute Gasteiger partial charge is 0.384 e. The molecule has 7 heteroatoms. The molecular formula is C21H31N3O3S. The standard InChI is InChI=1S/C21H31N3O3S/c1-23(19-11-7-4-8-12-19)17-20-15-22-21(28(25,26)14-13-27-2)24(20)16-18-9-5-3-6-10-18/h3,5-6,9-10,15,19H,4,7-8,11-14,16-17H2,1-2H3. The van der Waals surface area contributed by atoms with Crippen molar-refractivity contribution in [1.29, 1.82) is 0 Å². The third-order valence-electron chi connectivity index (χ3n) is 5.53. The van der Waals surface area contributed by atoms with Crippen molar-refractivity contribution in [1.82, 2.24) is 14.5 Å². The topological polar surface area (TPSA) is 64.4 Å². The molecule has 6 nitrogen and oxygen atoms in total. The van der Waals surface area contributed by atoms with E-state index in [4.69, 9.17) is 4.74 Å². The van der Waals surface area contributed by atoms with E-state index in [2.05, 4.69) is 16.9 Å². The molecule has 154 valence electrons. The van der Waals surface area contributed by atoms with Gasteiger partial charge in [0.2, 0.25) is 15.0 Å². The van der Waals surface area contributed by atoms with Gasteiger partial charge >= 0.3 is 0 Å². The number of aromatic nitrogens is 2. The summed E-state index contributed by atoms with van der Waals surface area (Å²) < 4.78 is 32.5. The SMILES string of the molecule is COCCS(=O)(=O)c1ncc(CN(C)C2CCCCC2)n1Cc1ccccc1. The second kappa shape index (κ2) is 9.67. The Morgan fingerprint density at radius 2 is 1.89 bits per heavy atom. The summed E-state index contributed by atoms with van der Waals surface area (Å²) >= 11 is 0. The van der Waals surface area contributed by atoms with Crippen LogP contribution in [0, 0.1) is 0 Å². The molecule has 0 saturated heterocycles. The smallest absolute Gasteiger partial charge is 0.228 e. The Morgan fingerprint density at radius 3 is 2.57 bits per heavy atom. The Labute approximate surface area is 168 Å². The summed E-state index contributed by atoms with van der Waals surface area (Å²) in [5.74, 6) is -0.0623. The third kappa shape index (κ3) is 5.21. The summed E-state index contributed by atoms with van der Waals surface area (Å²) in [6.07, 6.45) is 8.01. The number of nitrogens with zero attached hydrogens (tertiary/aromatic N) is 3. The van der Waals surface area contributed by atoms with Crippen molar-refractivity contribution < 1.29 is 13.2 Å². The van der Waals surface area contributed by atoms with Crippen molar-refractivity contribution in [3.63, 3.8) is 0 Å². The Kier molecular flexibility index (Phi) is 7.26. The van der Waals surface area contributed by atoms with E-state index >= 15 is 0 Å². The van der Waals surface area contributed by atoms with E-state index < -0.39 is 9.84 Å². The molecule has 1 aromatic carbocycles. The fourth-order valence-corrected chi connectivity index (χ4v) is 5.19. The highest BCUT2D eigenvalue weighted by molar-refractivity contribution is 7.91. The van der Waals surface area contributed by atoms with Gasteiger partial charge in [-0.05, 0) is 25.5 Å². The maximum absolute atomic E-state index is 12.8. The van der Waals surface area contributed by atoms with E-state index in [1.807, 2.05) is 34.9 Å². The summed E-state index contributed by atoms with van der Waals surface area (Å²) in [5.41, 5.74) is 2.00. The first-order chi connectivity index (χ1) is 13.5. The van der Waals surface area contributed by atoms with Crippen molar-refractivity contribution in [2.45, 2.75) is 56.4 Å². The van der Waals surface area contributed by atoms with Crippen LogP contribution in [0.5, 0.6) is 0 Å². The van der Waals surface area contributed by atoms with Crippen LogP contribution in [0.25, 0.3) is 0 Å². The maximum Gasteiger partial charge on any atom is 0.228 e. The molecule has 1 aliphatic rings. The second-order valence-electron chi connectivity index (χ2n) is 7.62. The van der Waals surface area contributed by atoms with Gasteiger partial charge in [0.1, 0.15) is 0 Å². The van der Waals surface area contributed by atoms with E-state index in [0.29, 0.717) is 19.1 Å². The Bertz CT molecular complexity index is 843. The third-order valence-corrected chi connectivity index (χ3v) is 7.12. The van der Waals surface area contributed by atoms with E-state index in [1.165, 1.54) is 39.2 Å². The van der Waals surface area contributed by atoms with Gasteiger partial charge in [-0.1, -0.05) is 49.6 Å². The number of sulfone groups is 1. The van der Waals surface area contributed by atoms with Crippen LogP contribution in [0.15, 0.2) is 41.7 Å². The number of rotatable bonds is 9. The van der Waals surface area contributed by atoms with Gasteiger partial charge in [-0.2, -0.15) is 0 Å². The van der Waals surface area contributed by atoms with Gasteiger partial charge in [-0.15, -0.1) is 0 Å². The Morgan fingerprint density at radius 1 is 1.18 bits per heavy atom. The van der Waals surface area contributed by atoms with Gasteiger partial charge in [-0.3, -0.25) is 4.90 Å². The second-order valence-corrected chi connectivity index (χ2v) is 9.63. The minimum atomic E-state index is -3.50. The molecule has 0 spiro atoms. The molecule has 0 radical (unpaired) electrons. The van der Waals surface area contributed by atoms with Crippen LogP contribution in [0.3, 0.4) is 0 Å². The lowest BCUT2D eigenvalue weighted by atomic mass is 9.94. The van der Waals surface area contributed by atoms with Gasteiger partial charge < -0.3 is 9.30 Å². The predicted molar refractivity (Wildman–Crippen MR) is 110 cm³/mol. The molecule has 0 atom stereocenters. The molecule has 1 heterocycles. The van der Waals surface area contributed by atoms with Gasteiger partial charge in [0.05, 0.1) is 30.8 Å². The minimum Gasteiger partial charge on any atom is -0.384 e. The molecule has 1 fully saturated rings. The maximum atomic E-state index is 12.8. The van der Waals surface area contributed by atoms with Crippen molar-refractivity contribution in [3.05, 3.63) is 47.8 Å². The molecule has 3 rings (SSSR count). The molecule has 0 bridgehead atoms. The van der Waals surface area contributed by atoms with Crippen molar-refractivity contribution in [3.8, 4) is 0 Å². The highest BCUT2D eigenvalue weighted by atomic mass is 32.2. The number of benzene rings is 1. The normalized spacial score (nSPS) is 16.0. The van der Waals surface area contributed by atoms with E-state index in [0.717, 1.165) is 11.3 Å². The average molecular weight is 406 g/mol. The van der Waals surface area contributed by atoms with Crippen LogP contribution in [-0.4, -0.2) is 55.4 Å². The van der Waals surface area contributed by atoms with Gasteiger partial charge in [0, 0.05) is 19.7 Å². The first-order valence-electron chi connectivity index (χ1n) is 10.0. The summed E-state index contributed by atoms with van der Waals surface area (Å²) in [6.45, 7) is 1.36. The zero-order valence-corrected chi connectivity index (χ0v) is 17.7. The summed E-state index contributed by atoms with van der Waals surface area (Å²) in [4.78, 5) is 6.68. The van der Waals surface area contributed by atoms with E-state index in [-0.39, 0.29) is 17.5 Å². The van der Waals surface area contributed by atoms with Crippen LogP contribution < -0.4 is 0 Å². The molecule has 2 aromatic rings. The van der Waals surface area contributed by atoms with Gasteiger partial charge in [-0.25, -0.2) is 13.4 Å². The lowest BCUT2D eigenvalue weighted by Gasteiger charge is -2.31. The summed E-state index contributed by atoms with van der Waals surface area (Å²) in [6, 6.07) is 10.5. The molecule has 1 aromatic heterocycles. The first-order valence-corrected chi connectivity index (χ1v) is 11.7. The molecule has 0 unspecified atom stereocenters. The van der Waals surface area contributed by atoms with Crippen LogP contribution in [0.2, 0.25) is 0 Å². The van der Waals surface area contributed by atoms with Crippen LogP contribution in [0.1, 0.15) is 43.4 Å². The van der Waals surface area contributed by atoms with E-state index in [1.54, 1.807) is 6.20 Å². The number of hydrogen-bond donors (Lipinski definition) is 0. The lowest BCUT2D eigenvalue weighted by Crippen LogP contribution is -2.33. The van der Waals surface area contributed by atoms with Crippen LogP contribution in [0.4, 0.5) is 0 Å². The van der Waals surface area contributed by atoms with Gasteiger partial charge in [0.15, 0.2) is 0 Å². The molecule has 0 aliphatic heterocycles. The fourth-order valence-electron chi connectivity index (χ4n) is 3.89. The van der Waals surface area contributed by atoms with Crippen molar-refractivity contribution in [2.24, 2.45) is 0 Å². The molecule has 0 amide bonds. The van der Waals surface area contributed by atoms with E-state index in [9.17, 15) is 8.42 Å². The van der Waals surface area contributed by atoms with Gasteiger partial charge in [0.25, 0.3) is 0 Å². The Hall–Kier alpha value is -1.70. The molecule has 1 saturated carbocycles. The number of ether oxygens (including phenoxy) is 1. The Balaban J connectivity index is 1.88. The summed E-state index contributed by atoms with van der Waals surface area (Å²) in [7, 11) is 0.140. The van der Waals surface area contributed by atoms with Crippen molar-refractivity contribution >= 4 is 9.84 Å². The monoisotopic (exact) mass is 405 g/mol. The van der Waals surface area contributed by atoms with Crippen LogP contribution >= 0.6 is 0 Å². The highest BCUT2D eigenvalue weighted by Gasteiger charge is 2.25. The zero-order chi connectivity index (χ0) is 20.0. The highest BCUT2D eigenvalue weighted by Crippen LogP contribution is 2.24. The molecular weight excluding hydrogens is 374 g/mol. The number of imidazole rings is 1. The zero-order valence-electron chi connectivity index (χ0n) is 16.9. The van der Waals surface area contributed by atoms with Crippen LogP contribution in [-0.2, 0) is 27.7 Å². The fraction of sp³-hybridized carbons (Fsp3) is 0.571. The average Bonchev–Trinajstić information content (AvgIpc) is 3.11. The summed E-state index contributed by atoms with van der Waals surface area (Å²) in [5, 5.41) is 0.139. The number of hydrogen-bond acceptors (Lipinski definition) is 5. The molecule has 28 heavy (non-hydrogen) atoms. The quantitative estimate of drug-likeness (QED) is 0.641. The van der Waals surface area contributed by atoms with Crippen molar-refractivity contribution in [2.75, 3.05) is 26.5 Å². The lowest BCUT2D eigenvalue weighted by molar-refractivity contribution is 0.180. The molecule has 0 N–H and O–H groups in total. The predicted octanol–water partition coefficient (Wildman–Crippen LogP) is 3.12. The first kappa shape index (κ1) is 21.0. The number of methoxy groups -OCH3 is 1.